The Morgan fingerprint density at radius 2 is 0.970 bits per heavy atom. The Labute approximate surface area is 200 Å². The largest absolute Gasteiger partial charge is 0.499 e. The molecule has 0 bridgehead atoms. The van der Waals surface area contributed by atoms with Crippen molar-refractivity contribution in [3.63, 3.8) is 0 Å². The summed E-state index contributed by atoms with van der Waals surface area (Å²) in [6, 6.07) is 0. The molecule has 0 saturated carbocycles. The maximum Gasteiger partial charge on any atom is 0.305 e. The molecule has 0 aliphatic rings. The van der Waals surface area contributed by atoms with E-state index in [1.807, 2.05) is 0 Å². The highest BCUT2D eigenvalue weighted by Gasteiger charge is 2.02. The maximum absolute atomic E-state index is 11.5. The lowest BCUT2D eigenvalue weighted by Crippen LogP contribution is -2.15. The van der Waals surface area contributed by atoms with E-state index < -0.39 is 0 Å². The quantitative estimate of drug-likeness (QED) is 0.0955. The van der Waals surface area contributed by atoms with Gasteiger partial charge in [0.1, 0.15) is 13.2 Å². The van der Waals surface area contributed by atoms with Gasteiger partial charge < -0.3 is 37.9 Å². The molecule has 0 aromatic rings. The standard InChI is InChI=1S/C24H46O9/c1-3-5-6-7-8-9-24(25)33-23-22-32-21-20-31-19-18-30-17-16-29-15-14-28-13-12-27-11-10-26-4-2/h4H,2-3,5-23H2,1H3. The minimum absolute atomic E-state index is 0.143. The molecule has 9 nitrogen and oxygen atoms in total. The van der Waals surface area contributed by atoms with Crippen LogP contribution in [0, 0.1) is 0 Å². The number of carbonyl (C=O) groups excluding carboxylic acids is 1. The fourth-order valence-corrected chi connectivity index (χ4v) is 2.55. The number of ether oxygens (including phenoxy) is 8. The minimum atomic E-state index is -0.143. The van der Waals surface area contributed by atoms with Crippen LogP contribution < -0.4 is 0 Å². The van der Waals surface area contributed by atoms with Gasteiger partial charge in [-0.2, -0.15) is 0 Å². The Morgan fingerprint density at radius 1 is 0.576 bits per heavy atom. The third kappa shape index (κ3) is 28.7. The Kier molecular flexibility index (Phi) is 27.7. The molecule has 0 unspecified atom stereocenters. The normalized spacial score (nSPS) is 10.9. The molecule has 0 atom stereocenters. The number of rotatable bonds is 28. The van der Waals surface area contributed by atoms with Crippen LogP contribution in [0.2, 0.25) is 0 Å². The fourth-order valence-electron chi connectivity index (χ4n) is 2.55. The number of hydrogen-bond acceptors (Lipinski definition) is 9. The summed E-state index contributed by atoms with van der Waals surface area (Å²) in [5, 5.41) is 0. The molecule has 0 saturated heterocycles. The van der Waals surface area contributed by atoms with E-state index in [0.29, 0.717) is 98.9 Å². The van der Waals surface area contributed by atoms with Crippen molar-refractivity contribution in [1.82, 2.24) is 0 Å². The van der Waals surface area contributed by atoms with Crippen LogP contribution in [0.15, 0.2) is 12.8 Å². The first-order chi connectivity index (χ1) is 16.3. The summed E-state index contributed by atoms with van der Waals surface area (Å²) in [6.45, 7) is 12.4. The molecule has 0 heterocycles. The van der Waals surface area contributed by atoms with Crippen LogP contribution in [-0.2, 0) is 42.7 Å². The van der Waals surface area contributed by atoms with E-state index in [9.17, 15) is 4.79 Å². The predicted octanol–water partition coefficient (Wildman–Crippen LogP) is 3.15. The molecule has 9 heteroatoms. The highest BCUT2D eigenvalue weighted by atomic mass is 16.6. The highest BCUT2D eigenvalue weighted by Crippen LogP contribution is 2.05. The molecule has 0 amide bonds. The van der Waals surface area contributed by atoms with Gasteiger partial charge in [0.2, 0.25) is 0 Å². The van der Waals surface area contributed by atoms with Crippen LogP contribution >= 0.6 is 0 Å². The summed E-state index contributed by atoms with van der Waals surface area (Å²) in [4.78, 5) is 11.5. The van der Waals surface area contributed by atoms with Crippen molar-refractivity contribution in [3.05, 3.63) is 12.8 Å². The second kappa shape index (κ2) is 28.8. The molecule has 33 heavy (non-hydrogen) atoms. The topological polar surface area (TPSA) is 90.9 Å². The van der Waals surface area contributed by atoms with Crippen molar-refractivity contribution < 1.29 is 42.7 Å². The van der Waals surface area contributed by atoms with Crippen LogP contribution in [0.1, 0.15) is 45.4 Å². The van der Waals surface area contributed by atoms with E-state index in [1.54, 1.807) is 0 Å². The van der Waals surface area contributed by atoms with Gasteiger partial charge in [0, 0.05) is 6.42 Å². The van der Waals surface area contributed by atoms with E-state index in [-0.39, 0.29) is 5.97 Å². The molecule has 0 aromatic heterocycles. The van der Waals surface area contributed by atoms with Gasteiger partial charge in [0.05, 0.1) is 85.5 Å². The maximum atomic E-state index is 11.5. The zero-order valence-electron chi connectivity index (χ0n) is 20.6. The van der Waals surface area contributed by atoms with Crippen LogP contribution in [0.5, 0.6) is 0 Å². The molecular weight excluding hydrogens is 432 g/mol. The minimum Gasteiger partial charge on any atom is -0.499 e. The zero-order chi connectivity index (χ0) is 24.1. The summed E-state index contributed by atoms with van der Waals surface area (Å²) in [5.74, 6) is -0.143. The van der Waals surface area contributed by atoms with E-state index in [2.05, 4.69) is 13.5 Å². The summed E-state index contributed by atoms with van der Waals surface area (Å²) < 4.78 is 42.4. The number of hydrogen-bond donors (Lipinski definition) is 0. The Bertz CT molecular complexity index is 407. The first-order valence-electron chi connectivity index (χ1n) is 12.2. The number of esters is 1. The second-order valence-electron chi connectivity index (χ2n) is 7.10. The lowest BCUT2D eigenvalue weighted by Gasteiger charge is -2.08. The molecular formula is C24H46O9. The molecule has 0 rings (SSSR count). The molecule has 0 aliphatic heterocycles. The van der Waals surface area contributed by atoms with Crippen molar-refractivity contribution in [2.24, 2.45) is 0 Å². The molecule has 0 fully saturated rings. The summed E-state index contributed by atoms with van der Waals surface area (Å²) in [7, 11) is 0. The third-order valence-corrected chi connectivity index (χ3v) is 4.30. The Hall–Kier alpha value is -1.23. The third-order valence-electron chi connectivity index (χ3n) is 4.30. The summed E-state index contributed by atoms with van der Waals surface area (Å²) in [6.07, 6.45) is 7.50. The number of carbonyl (C=O) groups is 1. The molecule has 0 spiro atoms. The van der Waals surface area contributed by atoms with Gasteiger partial charge >= 0.3 is 5.97 Å². The smallest absolute Gasteiger partial charge is 0.305 e. The SMILES string of the molecule is C=COCCOCCOCCOCCOCCOCCOCCOC(=O)CCCCCCC. The molecule has 0 N–H and O–H groups in total. The van der Waals surface area contributed by atoms with Crippen molar-refractivity contribution in [2.45, 2.75) is 45.4 Å². The van der Waals surface area contributed by atoms with Crippen LogP contribution in [0.25, 0.3) is 0 Å². The Morgan fingerprint density at radius 3 is 1.39 bits per heavy atom. The van der Waals surface area contributed by atoms with Gasteiger partial charge in [-0.05, 0) is 6.42 Å². The van der Waals surface area contributed by atoms with Gasteiger partial charge in [-0.3, -0.25) is 4.79 Å². The zero-order valence-corrected chi connectivity index (χ0v) is 20.6. The van der Waals surface area contributed by atoms with Gasteiger partial charge in [-0.25, -0.2) is 0 Å². The lowest BCUT2D eigenvalue weighted by molar-refractivity contribution is -0.145. The second-order valence-corrected chi connectivity index (χ2v) is 7.10. The van der Waals surface area contributed by atoms with E-state index in [1.165, 1.54) is 25.5 Å². The van der Waals surface area contributed by atoms with Gasteiger partial charge in [-0.15, -0.1) is 0 Å². The summed E-state index contributed by atoms with van der Waals surface area (Å²) in [5.41, 5.74) is 0. The van der Waals surface area contributed by atoms with Crippen molar-refractivity contribution in [2.75, 3.05) is 92.5 Å². The average Bonchev–Trinajstić information content (AvgIpc) is 2.82. The van der Waals surface area contributed by atoms with E-state index >= 15 is 0 Å². The molecule has 0 aromatic carbocycles. The van der Waals surface area contributed by atoms with E-state index in [4.69, 9.17) is 37.9 Å². The van der Waals surface area contributed by atoms with Crippen LogP contribution in [0.3, 0.4) is 0 Å². The fraction of sp³-hybridized carbons (Fsp3) is 0.875. The van der Waals surface area contributed by atoms with Gasteiger partial charge in [0.25, 0.3) is 0 Å². The highest BCUT2D eigenvalue weighted by molar-refractivity contribution is 5.69. The van der Waals surface area contributed by atoms with Crippen molar-refractivity contribution >= 4 is 5.97 Å². The predicted molar refractivity (Wildman–Crippen MR) is 125 cm³/mol. The van der Waals surface area contributed by atoms with Crippen molar-refractivity contribution in [1.29, 1.82) is 0 Å². The van der Waals surface area contributed by atoms with E-state index in [0.717, 1.165) is 12.8 Å². The van der Waals surface area contributed by atoms with Gasteiger partial charge in [0.15, 0.2) is 0 Å². The first-order valence-corrected chi connectivity index (χ1v) is 12.2. The van der Waals surface area contributed by atoms with Crippen molar-refractivity contribution in [3.8, 4) is 0 Å². The lowest BCUT2D eigenvalue weighted by atomic mass is 10.1. The monoisotopic (exact) mass is 478 g/mol. The molecule has 0 radical (unpaired) electrons. The average molecular weight is 479 g/mol. The van der Waals surface area contributed by atoms with Gasteiger partial charge in [-0.1, -0.05) is 39.2 Å². The first kappa shape index (κ1) is 31.8. The van der Waals surface area contributed by atoms with Crippen LogP contribution in [0.4, 0.5) is 0 Å². The molecule has 0 aliphatic carbocycles. The van der Waals surface area contributed by atoms with Crippen LogP contribution in [-0.4, -0.2) is 98.5 Å². The Balaban J connectivity index is 3.09. The number of unbranched alkanes of at least 4 members (excludes halogenated alkanes) is 4. The molecule has 196 valence electrons. The summed E-state index contributed by atoms with van der Waals surface area (Å²) >= 11 is 0.